The first-order valence-electron chi connectivity index (χ1n) is 6.33. The molecule has 1 saturated heterocycles. The summed E-state index contributed by atoms with van der Waals surface area (Å²) in [4.78, 5) is 16.2. The third-order valence-corrected chi connectivity index (χ3v) is 4.16. The van der Waals surface area contributed by atoms with E-state index in [9.17, 15) is 9.18 Å². The van der Waals surface area contributed by atoms with Crippen LogP contribution >= 0.6 is 11.3 Å². The van der Waals surface area contributed by atoms with Crippen molar-refractivity contribution < 1.29 is 9.18 Å². The van der Waals surface area contributed by atoms with Crippen LogP contribution in [-0.4, -0.2) is 23.5 Å². The molecule has 0 spiro atoms. The second-order valence-corrected chi connectivity index (χ2v) is 5.63. The van der Waals surface area contributed by atoms with Crippen LogP contribution in [-0.2, 0) is 4.79 Å². The first-order chi connectivity index (χ1) is 9.24. The summed E-state index contributed by atoms with van der Waals surface area (Å²) in [5, 5.41) is 6.40. The largest absolute Gasteiger partial charge is 0.306 e. The number of fused-ring (bicyclic) bond motifs is 1. The number of anilines is 1. The zero-order valence-corrected chi connectivity index (χ0v) is 11.1. The van der Waals surface area contributed by atoms with E-state index in [2.05, 4.69) is 15.6 Å². The fourth-order valence-electron chi connectivity index (χ4n) is 2.24. The second-order valence-electron chi connectivity index (χ2n) is 4.60. The highest BCUT2D eigenvalue weighted by Crippen LogP contribution is 2.27. The van der Waals surface area contributed by atoms with Crippen molar-refractivity contribution in [1.82, 2.24) is 10.3 Å². The molecule has 19 heavy (non-hydrogen) atoms. The Morgan fingerprint density at radius 3 is 3.11 bits per heavy atom. The molecule has 0 aliphatic carbocycles. The summed E-state index contributed by atoms with van der Waals surface area (Å²) in [6.45, 7) is 0.868. The van der Waals surface area contributed by atoms with Crippen molar-refractivity contribution in [3.8, 4) is 0 Å². The number of rotatable bonds is 2. The molecular formula is C13H14FN3OS. The van der Waals surface area contributed by atoms with Crippen molar-refractivity contribution >= 4 is 32.6 Å². The molecule has 2 aromatic rings. The highest BCUT2D eigenvalue weighted by Gasteiger charge is 2.21. The zero-order valence-electron chi connectivity index (χ0n) is 10.3. The molecule has 2 N–H and O–H groups in total. The molecule has 1 fully saturated rings. The van der Waals surface area contributed by atoms with Gasteiger partial charge in [0.05, 0.1) is 10.7 Å². The zero-order chi connectivity index (χ0) is 13.2. The third kappa shape index (κ3) is 2.59. The number of nitrogens with one attached hydrogen (secondary N) is 2. The van der Waals surface area contributed by atoms with Crippen LogP contribution in [0.1, 0.15) is 19.3 Å². The van der Waals surface area contributed by atoms with Crippen LogP contribution < -0.4 is 10.6 Å². The average Bonchev–Trinajstić information content (AvgIpc) is 2.84. The van der Waals surface area contributed by atoms with Crippen LogP contribution in [0.25, 0.3) is 10.2 Å². The number of nitrogens with zero attached hydrogens (tertiary/aromatic N) is 1. The van der Waals surface area contributed by atoms with Gasteiger partial charge in [0, 0.05) is 0 Å². The van der Waals surface area contributed by atoms with Crippen molar-refractivity contribution in [2.24, 2.45) is 0 Å². The quantitative estimate of drug-likeness (QED) is 0.888. The number of para-hydroxylation sites is 1. The van der Waals surface area contributed by atoms with E-state index in [1.165, 1.54) is 17.4 Å². The lowest BCUT2D eigenvalue weighted by molar-refractivity contribution is -0.118. The van der Waals surface area contributed by atoms with Gasteiger partial charge in [0.2, 0.25) is 5.91 Å². The molecule has 1 aromatic carbocycles. The number of thiazole rings is 1. The van der Waals surface area contributed by atoms with E-state index in [0.29, 0.717) is 10.6 Å². The van der Waals surface area contributed by atoms with Crippen molar-refractivity contribution in [2.45, 2.75) is 25.3 Å². The lowest BCUT2D eigenvalue weighted by Crippen LogP contribution is -2.43. The maximum absolute atomic E-state index is 13.5. The lowest BCUT2D eigenvalue weighted by Gasteiger charge is -2.21. The first kappa shape index (κ1) is 12.5. The van der Waals surface area contributed by atoms with Crippen molar-refractivity contribution in [2.75, 3.05) is 11.9 Å². The highest BCUT2D eigenvalue weighted by molar-refractivity contribution is 7.22. The minimum absolute atomic E-state index is 0.0841. The van der Waals surface area contributed by atoms with Gasteiger partial charge in [0.25, 0.3) is 0 Å². The Kier molecular flexibility index (Phi) is 3.44. The summed E-state index contributed by atoms with van der Waals surface area (Å²) in [5.74, 6) is -0.441. The van der Waals surface area contributed by atoms with E-state index in [1.807, 2.05) is 0 Å². The molecule has 0 radical (unpaired) electrons. The predicted molar refractivity (Wildman–Crippen MR) is 73.8 cm³/mol. The standard InChI is InChI=1S/C13H14FN3OS/c14-8-4-3-6-10-11(8)16-13(19-10)17-12(18)9-5-1-2-7-15-9/h3-4,6,9,15H,1-2,5,7H2,(H,16,17,18)/t9-/m0/s1. The van der Waals surface area contributed by atoms with Crippen LogP contribution in [0.3, 0.4) is 0 Å². The lowest BCUT2D eigenvalue weighted by atomic mass is 10.0. The molecule has 3 rings (SSSR count). The Morgan fingerprint density at radius 2 is 2.37 bits per heavy atom. The molecule has 1 amide bonds. The summed E-state index contributed by atoms with van der Waals surface area (Å²) in [6, 6.07) is 4.65. The molecule has 100 valence electrons. The molecule has 1 aliphatic rings. The minimum atomic E-state index is -0.356. The summed E-state index contributed by atoms with van der Waals surface area (Å²) in [5.41, 5.74) is 0.319. The van der Waals surface area contributed by atoms with Crippen molar-refractivity contribution in [3.63, 3.8) is 0 Å². The highest BCUT2D eigenvalue weighted by atomic mass is 32.1. The molecule has 1 aliphatic heterocycles. The number of halogens is 1. The van der Waals surface area contributed by atoms with Crippen LogP contribution in [0.5, 0.6) is 0 Å². The van der Waals surface area contributed by atoms with E-state index in [1.54, 1.807) is 12.1 Å². The summed E-state index contributed by atoms with van der Waals surface area (Å²) in [6.07, 6.45) is 3.00. The first-order valence-corrected chi connectivity index (χ1v) is 7.15. The normalized spacial score (nSPS) is 19.5. The molecule has 0 saturated carbocycles. The van der Waals surface area contributed by atoms with Gasteiger partial charge in [-0.2, -0.15) is 0 Å². The molecule has 1 aromatic heterocycles. The van der Waals surface area contributed by atoms with Crippen LogP contribution in [0.4, 0.5) is 9.52 Å². The molecule has 0 unspecified atom stereocenters. The molecule has 0 bridgehead atoms. The second kappa shape index (κ2) is 5.22. The summed E-state index contributed by atoms with van der Waals surface area (Å²) in [7, 11) is 0. The summed E-state index contributed by atoms with van der Waals surface area (Å²) >= 11 is 1.29. The van der Waals surface area contributed by atoms with E-state index in [4.69, 9.17) is 0 Å². The Morgan fingerprint density at radius 1 is 1.47 bits per heavy atom. The van der Waals surface area contributed by atoms with Gasteiger partial charge in [-0.1, -0.05) is 23.8 Å². The van der Waals surface area contributed by atoms with Gasteiger partial charge < -0.3 is 10.6 Å². The molecule has 2 heterocycles. The van der Waals surface area contributed by atoms with Gasteiger partial charge in [-0.25, -0.2) is 9.37 Å². The number of carbonyl (C=O) groups is 1. The Labute approximate surface area is 114 Å². The molecule has 1 atom stereocenters. The number of aromatic nitrogens is 1. The van der Waals surface area contributed by atoms with Crippen molar-refractivity contribution in [1.29, 1.82) is 0 Å². The SMILES string of the molecule is O=C(Nc1nc2c(F)cccc2s1)[C@@H]1CCCCN1. The predicted octanol–water partition coefficient (Wildman–Crippen LogP) is 2.52. The van der Waals surface area contributed by atoms with E-state index >= 15 is 0 Å². The Hall–Kier alpha value is -1.53. The number of piperidine rings is 1. The third-order valence-electron chi connectivity index (χ3n) is 3.23. The van der Waals surface area contributed by atoms with Gasteiger partial charge >= 0.3 is 0 Å². The number of benzene rings is 1. The van der Waals surface area contributed by atoms with Crippen LogP contribution in [0.2, 0.25) is 0 Å². The van der Waals surface area contributed by atoms with Gasteiger partial charge in [0.15, 0.2) is 5.13 Å². The summed E-state index contributed by atoms with van der Waals surface area (Å²) < 4.78 is 14.3. The number of amides is 1. The maximum atomic E-state index is 13.5. The number of carbonyl (C=O) groups excluding carboxylic acids is 1. The van der Waals surface area contributed by atoms with Gasteiger partial charge in [-0.15, -0.1) is 0 Å². The van der Waals surface area contributed by atoms with Crippen LogP contribution in [0, 0.1) is 5.82 Å². The Bertz CT molecular complexity index is 607. The van der Waals surface area contributed by atoms with Gasteiger partial charge in [-0.05, 0) is 31.5 Å². The molecule has 4 nitrogen and oxygen atoms in total. The van der Waals surface area contributed by atoms with E-state index < -0.39 is 0 Å². The van der Waals surface area contributed by atoms with Crippen molar-refractivity contribution in [3.05, 3.63) is 24.0 Å². The Balaban J connectivity index is 1.77. The number of hydrogen-bond acceptors (Lipinski definition) is 4. The average molecular weight is 279 g/mol. The fourth-order valence-corrected chi connectivity index (χ4v) is 3.12. The van der Waals surface area contributed by atoms with Gasteiger partial charge in [-0.3, -0.25) is 4.79 Å². The van der Waals surface area contributed by atoms with Crippen LogP contribution in [0.15, 0.2) is 18.2 Å². The molecule has 6 heteroatoms. The minimum Gasteiger partial charge on any atom is -0.306 e. The van der Waals surface area contributed by atoms with E-state index in [-0.39, 0.29) is 17.8 Å². The number of hydrogen-bond donors (Lipinski definition) is 2. The van der Waals surface area contributed by atoms with Gasteiger partial charge in [0.1, 0.15) is 11.3 Å². The smallest absolute Gasteiger partial charge is 0.243 e. The fraction of sp³-hybridized carbons (Fsp3) is 0.385. The topological polar surface area (TPSA) is 54.0 Å². The molecular weight excluding hydrogens is 265 g/mol. The monoisotopic (exact) mass is 279 g/mol. The maximum Gasteiger partial charge on any atom is 0.243 e. The van der Waals surface area contributed by atoms with E-state index in [0.717, 1.165) is 30.5 Å².